The molecule has 104 valence electrons. The smallest absolute Gasteiger partial charge is 0.123 e. The molecule has 0 radical (unpaired) electrons. The van der Waals surface area contributed by atoms with Crippen LogP contribution in [-0.2, 0) is 6.54 Å². The standard InChI is InChI=1S/C15H22N2O2/c18-14-4-3-11(15(19)9-14)10-16-12-5-7-17-6-1-2-13(17)8-12/h3-4,9,12-13,16,18-19H,1-2,5-8,10H2. The summed E-state index contributed by atoms with van der Waals surface area (Å²) in [6.45, 7) is 3.14. The molecule has 4 heteroatoms. The van der Waals surface area contributed by atoms with E-state index >= 15 is 0 Å². The number of fused-ring (bicyclic) bond motifs is 1. The molecule has 1 aromatic carbocycles. The van der Waals surface area contributed by atoms with E-state index in [0.717, 1.165) is 11.6 Å². The van der Waals surface area contributed by atoms with Crippen LogP contribution in [0.3, 0.4) is 0 Å². The average molecular weight is 262 g/mol. The van der Waals surface area contributed by atoms with Gasteiger partial charge < -0.3 is 20.4 Å². The van der Waals surface area contributed by atoms with E-state index in [1.165, 1.54) is 44.8 Å². The molecule has 1 aromatic rings. The summed E-state index contributed by atoms with van der Waals surface area (Å²) in [4.78, 5) is 2.61. The van der Waals surface area contributed by atoms with Gasteiger partial charge in [-0.25, -0.2) is 0 Å². The first-order chi connectivity index (χ1) is 9.22. The van der Waals surface area contributed by atoms with Gasteiger partial charge in [-0.05, 0) is 44.8 Å². The maximum absolute atomic E-state index is 9.76. The average Bonchev–Trinajstić information content (AvgIpc) is 2.85. The van der Waals surface area contributed by atoms with Crippen LogP contribution in [0.15, 0.2) is 18.2 Å². The molecule has 0 saturated carbocycles. The molecule has 0 spiro atoms. The predicted octanol–water partition coefficient (Wildman–Crippen LogP) is 1.81. The number of phenols is 2. The Hall–Kier alpha value is -1.26. The monoisotopic (exact) mass is 262 g/mol. The maximum Gasteiger partial charge on any atom is 0.123 e. The van der Waals surface area contributed by atoms with E-state index in [2.05, 4.69) is 10.2 Å². The van der Waals surface area contributed by atoms with E-state index in [1.807, 2.05) is 0 Å². The van der Waals surface area contributed by atoms with E-state index in [0.29, 0.717) is 12.6 Å². The number of rotatable bonds is 3. The van der Waals surface area contributed by atoms with E-state index in [-0.39, 0.29) is 11.5 Å². The van der Waals surface area contributed by atoms with E-state index in [9.17, 15) is 10.2 Å². The lowest BCUT2D eigenvalue weighted by atomic mass is 9.97. The van der Waals surface area contributed by atoms with Crippen molar-refractivity contribution >= 4 is 0 Å². The lowest BCUT2D eigenvalue weighted by molar-refractivity contribution is 0.166. The highest BCUT2D eigenvalue weighted by molar-refractivity contribution is 5.38. The van der Waals surface area contributed by atoms with Crippen molar-refractivity contribution in [3.8, 4) is 11.5 Å². The van der Waals surface area contributed by atoms with Crippen molar-refractivity contribution in [1.29, 1.82) is 0 Å². The molecule has 0 aromatic heterocycles. The van der Waals surface area contributed by atoms with Crippen molar-refractivity contribution in [2.45, 2.75) is 44.3 Å². The van der Waals surface area contributed by atoms with Crippen molar-refractivity contribution < 1.29 is 10.2 Å². The highest BCUT2D eigenvalue weighted by Crippen LogP contribution is 2.27. The van der Waals surface area contributed by atoms with Gasteiger partial charge in [-0.15, -0.1) is 0 Å². The first-order valence-electron chi connectivity index (χ1n) is 7.20. The van der Waals surface area contributed by atoms with Crippen LogP contribution < -0.4 is 5.32 Å². The molecule has 0 amide bonds. The fourth-order valence-electron chi connectivity index (χ4n) is 3.37. The lowest BCUT2D eigenvalue weighted by Gasteiger charge is -2.35. The molecule has 2 fully saturated rings. The van der Waals surface area contributed by atoms with Crippen molar-refractivity contribution in [3.05, 3.63) is 23.8 Å². The third-order valence-electron chi connectivity index (χ3n) is 4.47. The Morgan fingerprint density at radius 2 is 2.11 bits per heavy atom. The Kier molecular flexibility index (Phi) is 3.62. The first-order valence-corrected chi connectivity index (χ1v) is 7.20. The fraction of sp³-hybridized carbons (Fsp3) is 0.600. The Bertz CT molecular complexity index is 450. The number of piperidine rings is 1. The molecule has 2 saturated heterocycles. The zero-order valence-electron chi connectivity index (χ0n) is 11.2. The Balaban J connectivity index is 1.54. The van der Waals surface area contributed by atoms with E-state index in [4.69, 9.17) is 0 Å². The van der Waals surface area contributed by atoms with Gasteiger partial charge in [0, 0.05) is 30.3 Å². The zero-order chi connectivity index (χ0) is 13.2. The molecule has 2 atom stereocenters. The van der Waals surface area contributed by atoms with Gasteiger partial charge in [0.25, 0.3) is 0 Å². The van der Waals surface area contributed by atoms with Crippen LogP contribution in [-0.4, -0.2) is 40.3 Å². The largest absolute Gasteiger partial charge is 0.508 e. The molecule has 4 nitrogen and oxygen atoms in total. The number of phenolic OH excluding ortho intramolecular Hbond substituents is 2. The second-order valence-electron chi connectivity index (χ2n) is 5.75. The van der Waals surface area contributed by atoms with E-state index < -0.39 is 0 Å². The zero-order valence-corrected chi connectivity index (χ0v) is 11.2. The number of hydrogen-bond acceptors (Lipinski definition) is 4. The van der Waals surface area contributed by atoms with Gasteiger partial charge >= 0.3 is 0 Å². The van der Waals surface area contributed by atoms with Crippen LogP contribution in [0.5, 0.6) is 11.5 Å². The summed E-state index contributed by atoms with van der Waals surface area (Å²) >= 11 is 0. The highest BCUT2D eigenvalue weighted by Gasteiger charge is 2.31. The van der Waals surface area contributed by atoms with Crippen LogP contribution in [0, 0.1) is 0 Å². The summed E-state index contributed by atoms with van der Waals surface area (Å²) in [5, 5.41) is 22.6. The normalized spacial score (nSPS) is 27.4. The van der Waals surface area contributed by atoms with Gasteiger partial charge in [0.05, 0.1) is 0 Å². The molecule has 2 unspecified atom stereocenters. The number of nitrogens with one attached hydrogen (secondary N) is 1. The second-order valence-corrected chi connectivity index (χ2v) is 5.75. The SMILES string of the molecule is Oc1ccc(CNC2CCN3CCCC3C2)c(O)c1. The minimum absolute atomic E-state index is 0.112. The Morgan fingerprint density at radius 3 is 2.95 bits per heavy atom. The van der Waals surface area contributed by atoms with E-state index in [1.54, 1.807) is 12.1 Å². The molecule has 2 aliphatic heterocycles. The molecular formula is C15H22N2O2. The quantitative estimate of drug-likeness (QED) is 0.777. The number of nitrogens with zero attached hydrogens (tertiary/aromatic N) is 1. The van der Waals surface area contributed by atoms with Crippen LogP contribution in [0.2, 0.25) is 0 Å². The van der Waals surface area contributed by atoms with Gasteiger partial charge in [0.15, 0.2) is 0 Å². The van der Waals surface area contributed by atoms with Gasteiger partial charge in [0.1, 0.15) is 11.5 Å². The van der Waals surface area contributed by atoms with Gasteiger partial charge in [-0.1, -0.05) is 6.07 Å². The molecule has 2 heterocycles. The summed E-state index contributed by atoms with van der Waals surface area (Å²) in [5.41, 5.74) is 0.853. The summed E-state index contributed by atoms with van der Waals surface area (Å²) in [6.07, 6.45) is 5.09. The molecule has 3 rings (SSSR count). The number of benzene rings is 1. The van der Waals surface area contributed by atoms with Gasteiger partial charge in [0.2, 0.25) is 0 Å². The molecule has 0 aliphatic carbocycles. The van der Waals surface area contributed by atoms with Gasteiger partial charge in [-0.2, -0.15) is 0 Å². The predicted molar refractivity (Wildman–Crippen MR) is 74.2 cm³/mol. The summed E-state index contributed by atoms with van der Waals surface area (Å²) in [7, 11) is 0. The summed E-state index contributed by atoms with van der Waals surface area (Å²) in [5.74, 6) is 0.284. The summed E-state index contributed by atoms with van der Waals surface area (Å²) in [6, 6.07) is 6.11. The second kappa shape index (κ2) is 5.39. The molecule has 3 N–H and O–H groups in total. The Labute approximate surface area is 114 Å². The maximum atomic E-state index is 9.76. The highest BCUT2D eigenvalue weighted by atomic mass is 16.3. The van der Waals surface area contributed by atoms with Gasteiger partial charge in [-0.3, -0.25) is 0 Å². The minimum Gasteiger partial charge on any atom is -0.508 e. The number of aromatic hydroxyl groups is 2. The fourth-order valence-corrected chi connectivity index (χ4v) is 3.37. The van der Waals surface area contributed by atoms with Crippen molar-refractivity contribution in [2.24, 2.45) is 0 Å². The van der Waals surface area contributed by atoms with Crippen molar-refractivity contribution in [3.63, 3.8) is 0 Å². The van der Waals surface area contributed by atoms with Crippen LogP contribution in [0.1, 0.15) is 31.2 Å². The molecular weight excluding hydrogens is 240 g/mol. The Morgan fingerprint density at radius 1 is 1.21 bits per heavy atom. The first kappa shape index (κ1) is 12.8. The lowest BCUT2D eigenvalue weighted by Crippen LogP contribution is -2.45. The summed E-state index contributed by atoms with van der Waals surface area (Å²) < 4.78 is 0. The third-order valence-corrected chi connectivity index (χ3v) is 4.47. The molecule has 19 heavy (non-hydrogen) atoms. The minimum atomic E-state index is 0.112. The van der Waals surface area contributed by atoms with Crippen LogP contribution >= 0.6 is 0 Å². The van der Waals surface area contributed by atoms with Crippen molar-refractivity contribution in [2.75, 3.05) is 13.1 Å². The third kappa shape index (κ3) is 2.85. The molecule has 0 bridgehead atoms. The molecule has 2 aliphatic rings. The van der Waals surface area contributed by atoms with Crippen LogP contribution in [0.25, 0.3) is 0 Å². The van der Waals surface area contributed by atoms with Crippen molar-refractivity contribution in [1.82, 2.24) is 10.2 Å². The topological polar surface area (TPSA) is 55.7 Å². The van der Waals surface area contributed by atoms with Crippen LogP contribution in [0.4, 0.5) is 0 Å². The number of hydrogen-bond donors (Lipinski definition) is 3.